The van der Waals surface area contributed by atoms with Gasteiger partial charge in [0.2, 0.25) is 0 Å². The van der Waals surface area contributed by atoms with Gasteiger partial charge in [-0.1, -0.05) is 0 Å². The van der Waals surface area contributed by atoms with Crippen LogP contribution in [0.4, 0.5) is 0 Å². The molecule has 0 fully saturated rings. The lowest BCUT2D eigenvalue weighted by Crippen LogP contribution is -2.45. The number of nitrogens with one attached hydrogen (secondary N) is 1. The molecule has 5 heteroatoms. The van der Waals surface area contributed by atoms with Crippen LogP contribution in [-0.2, 0) is 5.54 Å². The van der Waals surface area contributed by atoms with Gasteiger partial charge in [0.1, 0.15) is 0 Å². The Kier molecular flexibility index (Phi) is 2.62. The number of H-pyrrole nitrogens is 1. The molecule has 0 bridgehead atoms. The zero-order chi connectivity index (χ0) is 10.9. The highest BCUT2D eigenvalue weighted by atomic mass is 16.2. The van der Waals surface area contributed by atoms with Crippen molar-refractivity contribution in [2.45, 2.75) is 26.3 Å². The van der Waals surface area contributed by atoms with E-state index in [0.717, 1.165) is 0 Å². The van der Waals surface area contributed by atoms with Gasteiger partial charge in [-0.3, -0.25) is 14.3 Å². The summed E-state index contributed by atoms with van der Waals surface area (Å²) in [4.78, 5) is 24.8. The Morgan fingerprint density at radius 3 is 2.57 bits per heavy atom. The van der Waals surface area contributed by atoms with Gasteiger partial charge in [-0.15, -0.1) is 0 Å². The third-order valence-corrected chi connectivity index (χ3v) is 2.27. The highest BCUT2D eigenvalue weighted by Crippen LogP contribution is 2.08. The number of hydrogen-bond acceptors (Lipinski definition) is 3. The minimum Gasteiger partial charge on any atom is -0.328 e. The van der Waals surface area contributed by atoms with E-state index in [1.54, 1.807) is 6.92 Å². The molecular formula is C9H15N3O2. The summed E-state index contributed by atoms with van der Waals surface area (Å²) in [7, 11) is 0. The van der Waals surface area contributed by atoms with Crippen LogP contribution >= 0.6 is 0 Å². The quantitative estimate of drug-likeness (QED) is 0.673. The molecule has 0 unspecified atom stereocenters. The van der Waals surface area contributed by atoms with Crippen molar-refractivity contribution < 1.29 is 0 Å². The Bertz CT molecular complexity index is 442. The van der Waals surface area contributed by atoms with Gasteiger partial charge in [-0.25, -0.2) is 4.79 Å². The first-order valence-corrected chi connectivity index (χ1v) is 4.41. The van der Waals surface area contributed by atoms with Crippen LogP contribution in [0.5, 0.6) is 0 Å². The average molecular weight is 197 g/mol. The van der Waals surface area contributed by atoms with Gasteiger partial charge in [0, 0.05) is 18.3 Å². The molecule has 0 aliphatic carbocycles. The van der Waals surface area contributed by atoms with Crippen LogP contribution in [0.2, 0.25) is 0 Å². The first-order chi connectivity index (χ1) is 6.38. The van der Waals surface area contributed by atoms with Gasteiger partial charge in [-0.2, -0.15) is 0 Å². The lowest BCUT2D eigenvalue weighted by atomic mass is 10.1. The van der Waals surface area contributed by atoms with Crippen molar-refractivity contribution >= 4 is 0 Å². The van der Waals surface area contributed by atoms with Crippen molar-refractivity contribution in [2.75, 3.05) is 6.54 Å². The van der Waals surface area contributed by atoms with Gasteiger partial charge in [0.05, 0.1) is 5.54 Å². The molecule has 1 aromatic heterocycles. The largest absolute Gasteiger partial charge is 0.328 e. The lowest BCUT2D eigenvalue weighted by molar-refractivity contribution is 0.348. The molecule has 78 valence electrons. The monoisotopic (exact) mass is 197 g/mol. The van der Waals surface area contributed by atoms with E-state index in [-0.39, 0.29) is 5.56 Å². The number of aromatic nitrogens is 2. The number of rotatable bonds is 2. The Balaban J connectivity index is 3.45. The van der Waals surface area contributed by atoms with Crippen molar-refractivity contribution in [1.29, 1.82) is 0 Å². The van der Waals surface area contributed by atoms with Crippen LogP contribution < -0.4 is 17.0 Å². The molecule has 0 atom stereocenters. The van der Waals surface area contributed by atoms with E-state index in [9.17, 15) is 9.59 Å². The topological polar surface area (TPSA) is 80.9 Å². The first kappa shape index (κ1) is 10.7. The maximum absolute atomic E-state index is 11.4. The molecule has 0 saturated carbocycles. The summed E-state index contributed by atoms with van der Waals surface area (Å²) in [5.41, 5.74) is 4.80. The fourth-order valence-corrected chi connectivity index (χ4v) is 1.11. The molecule has 0 aliphatic heterocycles. The summed E-state index contributed by atoms with van der Waals surface area (Å²) >= 11 is 0. The van der Waals surface area contributed by atoms with Gasteiger partial charge in [-0.05, 0) is 20.8 Å². The van der Waals surface area contributed by atoms with E-state index < -0.39 is 11.2 Å². The van der Waals surface area contributed by atoms with E-state index in [1.807, 2.05) is 13.8 Å². The fraction of sp³-hybridized carbons (Fsp3) is 0.556. The smallest absolute Gasteiger partial charge is 0.328 e. The number of aryl methyl sites for hydroxylation is 1. The highest BCUT2D eigenvalue weighted by molar-refractivity contribution is 5.03. The van der Waals surface area contributed by atoms with Crippen molar-refractivity contribution in [2.24, 2.45) is 5.73 Å². The molecule has 1 heterocycles. The molecule has 0 saturated heterocycles. The van der Waals surface area contributed by atoms with Crippen LogP contribution in [-0.4, -0.2) is 16.1 Å². The van der Waals surface area contributed by atoms with Crippen molar-refractivity contribution in [1.82, 2.24) is 9.55 Å². The van der Waals surface area contributed by atoms with Gasteiger partial charge in [0.15, 0.2) is 0 Å². The molecule has 5 nitrogen and oxygen atoms in total. The second kappa shape index (κ2) is 3.42. The Morgan fingerprint density at radius 2 is 2.07 bits per heavy atom. The molecule has 0 spiro atoms. The normalized spacial score (nSPS) is 11.7. The van der Waals surface area contributed by atoms with Gasteiger partial charge in [0.25, 0.3) is 5.56 Å². The minimum absolute atomic E-state index is 0.332. The zero-order valence-corrected chi connectivity index (χ0v) is 8.63. The van der Waals surface area contributed by atoms with Crippen molar-refractivity contribution in [3.05, 3.63) is 32.6 Å². The SMILES string of the molecule is Cc1cn(C(C)(C)CN)c(=O)[nH]c1=O. The maximum Gasteiger partial charge on any atom is 0.328 e. The molecular weight excluding hydrogens is 182 g/mol. The summed E-state index contributed by atoms with van der Waals surface area (Å²) in [6.07, 6.45) is 1.54. The Labute approximate surface area is 81.6 Å². The molecule has 0 aromatic carbocycles. The van der Waals surface area contributed by atoms with E-state index in [1.165, 1.54) is 10.8 Å². The number of hydrogen-bond donors (Lipinski definition) is 2. The summed E-state index contributed by atoms with van der Waals surface area (Å²) in [5, 5.41) is 0. The zero-order valence-electron chi connectivity index (χ0n) is 8.63. The molecule has 0 aliphatic rings. The number of nitrogens with zero attached hydrogens (tertiary/aromatic N) is 1. The average Bonchev–Trinajstić information content (AvgIpc) is 2.11. The Morgan fingerprint density at radius 1 is 1.50 bits per heavy atom. The third-order valence-electron chi connectivity index (χ3n) is 2.27. The lowest BCUT2D eigenvalue weighted by Gasteiger charge is -2.25. The predicted molar refractivity (Wildman–Crippen MR) is 54.4 cm³/mol. The van der Waals surface area contributed by atoms with Crippen molar-refractivity contribution in [3.8, 4) is 0 Å². The van der Waals surface area contributed by atoms with E-state index in [0.29, 0.717) is 12.1 Å². The first-order valence-electron chi connectivity index (χ1n) is 4.41. The summed E-state index contributed by atoms with van der Waals surface area (Å²) in [6.45, 7) is 5.66. The van der Waals surface area contributed by atoms with E-state index >= 15 is 0 Å². The molecule has 1 rings (SSSR count). The van der Waals surface area contributed by atoms with E-state index in [4.69, 9.17) is 5.73 Å². The number of nitrogens with two attached hydrogens (primary N) is 1. The summed E-state index contributed by atoms with van der Waals surface area (Å²) in [5.74, 6) is 0. The Hall–Kier alpha value is -1.36. The molecule has 0 radical (unpaired) electrons. The van der Waals surface area contributed by atoms with Crippen LogP contribution in [0.3, 0.4) is 0 Å². The highest BCUT2D eigenvalue weighted by Gasteiger charge is 2.19. The standard InChI is InChI=1S/C9H15N3O2/c1-6-4-12(9(2,3)5-10)8(14)11-7(6)13/h4H,5,10H2,1-3H3,(H,11,13,14). The van der Waals surface area contributed by atoms with Crippen LogP contribution in [0, 0.1) is 6.92 Å². The molecule has 1 aromatic rings. The molecule has 14 heavy (non-hydrogen) atoms. The van der Waals surface area contributed by atoms with Crippen molar-refractivity contribution in [3.63, 3.8) is 0 Å². The van der Waals surface area contributed by atoms with Crippen LogP contribution in [0.25, 0.3) is 0 Å². The van der Waals surface area contributed by atoms with Gasteiger partial charge < -0.3 is 5.73 Å². The third kappa shape index (κ3) is 1.77. The number of aromatic amines is 1. The second-order valence-corrected chi connectivity index (χ2v) is 3.96. The molecule has 3 N–H and O–H groups in total. The second-order valence-electron chi connectivity index (χ2n) is 3.96. The van der Waals surface area contributed by atoms with E-state index in [2.05, 4.69) is 4.98 Å². The summed E-state index contributed by atoms with van der Waals surface area (Å²) < 4.78 is 1.45. The van der Waals surface area contributed by atoms with Gasteiger partial charge >= 0.3 is 5.69 Å². The fourth-order valence-electron chi connectivity index (χ4n) is 1.11. The summed E-state index contributed by atoms with van der Waals surface area (Å²) in [6, 6.07) is 0. The maximum atomic E-state index is 11.4. The minimum atomic E-state index is -0.480. The van der Waals surface area contributed by atoms with Crippen LogP contribution in [0.15, 0.2) is 15.8 Å². The molecule has 0 amide bonds. The van der Waals surface area contributed by atoms with Crippen LogP contribution in [0.1, 0.15) is 19.4 Å². The predicted octanol–water partition coefficient (Wildman–Crippen LogP) is -0.461.